The molecule has 2 saturated heterocycles. The van der Waals surface area contributed by atoms with Crippen molar-refractivity contribution in [1.29, 1.82) is 0 Å². The van der Waals surface area contributed by atoms with Crippen LogP contribution >= 0.6 is 15.9 Å². The number of likely N-dealkylation sites (tertiary alicyclic amines) is 1. The minimum Gasteiger partial charge on any atom is -0.451 e. The Balaban J connectivity index is 1.38. The molecule has 138 valence electrons. The van der Waals surface area contributed by atoms with Crippen LogP contribution in [0.5, 0.6) is 0 Å². The van der Waals surface area contributed by atoms with Gasteiger partial charge in [0.1, 0.15) is 5.58 Å². The largest absolute Gasteiger partial charge is 0.451 e. The van der Waals surface area contributed by atoms with E-state index in [4.69, 9.17) is 9.15 Å². The summed E-state index contributed by atoms with van der Waals surface area (Å²) in [5.41, 5.74) is 0.703. The lowest BCUT2D eigenvalue weighted by molar-refractivity contribution is -0.141. The normalized spacial score (nSPS) is 19.1. The number of amides is 2. The maximum atomic E-state index is 12.7. The predicted octanol–water partition coefficient (Wildman–Crippen LogP) is 2.91. The lowest BCUT2D eigenvalue weighted by Gasteiger charge is -2.35. The van der Waals surface area contributed by atoms with E-state index in [9.17, 15) is 9.59 Å². The second kappa shape index (κ2) is 7.40. The van der Waals surface area contributed by atoms with Crippen LogP contribution in [0, 0.1) is 5.92 Å². The number of benzene rings is 1. The first-order valence-electron chi connectivity index (χ1n) is 8.97. The van der Waals surface area contributed by atoms with Gasteiger partial charge in [0, 0.05) is 42.0 Å². The molecule has 1 aromatic carbocycles. The van der Waals surface area contributed by atoms with Gasteiger partial charge in [-0.25, -0.2) is 0 Å². The second-order valence-electron chi connectivity index (χ2n) is 6.80. The summed E-state index contributed by atoms with van der Waals surface area (Å²) in [6, 6.07) is 7.46. The van der Waals surface area contributed by atoms with E-state index < -0.39 is 0 Å². The van der Waals surface area contributed by atoms with Gasteiger partial charge in [-0.2, -0.15) is 0 Å². The zero-order valence-electron chi connectivity index (χ0n) is 14.4. The number of ether oxygens (including phenoxy) is 1. The zero-order valence-corrected chi connectivity index (χ0v) is 16.0. The average molecular weight is 421 g/mol. The molecule has 26 heavy (non-hydrogen) atoms. The number of piperidine rings is 1. The molecule has 0 bridgehead atoms. The number of halogens is 1. The first kappa shape index (κ1) is 17.5. The number of hydrogen-bond donors (Lipinski definition) is 0. The number of hydrogen-bond acceptors (Lipinski definition) is 4. The molecule has 2 aromatic rings. The summed E-state index contributed by atoms with van der Waals surface area (Å²) in [5.74, 6) is 0.461. The molecular weight excluding hydrogens is 400 g/mol. The molecule has 0 unspecified atom stereocenters. The van der Waals surface area contributed by atoms with Gasteiger partial charge in [0.2, 0.25) is 5.91 Å². The van der Waals surface area contributed by atoms with E-state index in [1.807, 2.05) is 23.1 Å². The zero-order chi connectivity index (χ0) is 18.1. The van der Waals surface area contributed by atoms with E-state index in [1.54, 1.807) is 11.0 Å². The molecule has 6 nitrogen and oxygen atoms in total. The van der Waals surface area contributed by atoms with Crippen LogP contribution in [0.2, 0.25) is 0 Å². The van der Waals surface area contributed by atoms with Crippen LogP contribution in [-0.2, 0) is 9.53 Å². The lowest BCUT2D eigenvalue weighted by Crippen LogP contribution is -2.47. The van der Waals surface area contributed by atoms with Crippen molar-refractivity contribution in [3.05, 3.63) is 34.5 Å². The fourth-order valence-electron chi connectivity index (χ4n) is 3.65. The van der Waals surface area contributed by atoms with Crippen molar-refractivity contribution in [2.75, 3.05) is 39.4 Å². The van der Waals surface area contributed by atoms with Gasteiger partial charge in [-0.15, -0.1) is 0 Å². The Morgan fingerprint density at radius 2 is 1.73 bits per heavy atom. The summed E-state index contributed by atoms with van der Waals surface area (Å²) in [7, 11) is 0. The molecule has 0 atom stereocenters. The van der Waals surface area contributed by atoms with Crippen molar-refractivity contribution in [2.45, 2.75) is 12.8 Å². The van der Waals surface area contributed by atoms with Gasteiger partial charge in [-0.1, -0.05) is 15.9 Å². The molecule has 0 radical (unpaired) electrons. The third kappa shape index (κ3) is 3.50. The summed E-state index contributed by atoms with van der Waals surface area (Å²) in [6.45, 7) is 3.75. The Morgan fingerprint density at radius 3 is 2.46 bits per heavy atom. The smallest absolute Gasteiger partial charge is 0.289 e. The fraction of sp³-hybridized carbons (Fsp3) is 0.474. The molecule has 2 aliphatic rings. The van der Waals surface area contributed by atoms with E-state index in [1.165, 1.54) is 0 Å². The minimum absolute atomic E-state index is 0.00350. The molecule has 0 N–H and O–H groups in total. The number of furan rings is 1. The maximum absolute atomic E-state index is 12.7. The van der Waals surface area contributed by atoms with Crippen LogP contribution in [0.3, 0.4) is 0 Å². The molecule has 7 heteroatoms. The topological polar surface area (TPSA) is 63.0 Å². The van der Waals surface area contributed by atoms with Crippen molar-refractivity contribution in [3.8, 4) is 0 Å². The van der Waals surface area contributed by atoms with Gasteiger partial charge in [-0.05, 0) is 37.1 Å². The van der Waals surface area contributed by atoms with Gasteiger partial charge in [0.15, 0.2) is 5.76 Å². The summed E-state index contributed by atoms with van der Waals surface area (Å²) in [4.78, 5) is 29.0. The van der Waals surface area contributed by atoms with Crippen molar-refractivity contribution < 1.29 is 18.7 Å². The van der Waals surface area contributed by atoms with Crippen molar-refractivity contribution in [1.82, 2.24) is 9.80 Å². The van der Waals surface area contributed by atoms with Crippen molar-refractivity contribution >= 4 is 38.7 Å². The van der Waals surface area contributed by atoms with Crippen LogP contribution in [0.4, 0.5) is 0 Å². The molecule has 2 fully saturated rings. The van der Waals surface area contributed by atoms with E-state index in [2.05, 4.69) is 15.9 Å². The summed E-state index contributed by atoms with van der Waals surface area (Å²) in [6.07, 6.45) is 1.40. The molecule has 3 heterocycles. The van der Waals surface area contributed by atoms with Crippen LogP contribution in [-0.4, -0.2) is 61.0 Å². The van der Waals surface area contributed by atoms with Crippen LogP contribution in [0.1, 0.15) is 23.4 Å². The average Bonchev–Trinajstić information content (AvgIpc) is 3.11. The molecule has 1 aromatic heterocycles. The van der Waals surface area contributed by atoms with Gasteiger partial charge in [0.25, 0.3) is 5.91 Å². The SMILES string of the molecule is O=C(c1cc2cc(Br)ccc2o1)N1CCC(C(=O)N2CCOCC2)CC1. The van der Waals surface area contributed by atoms with Crippen molar-refractivity contribution in [2.24, 2.45) is 5.92 Å². The first-order valence-corrected chi connectivity index (χ1v) is 9.76. The molecule has 0 aliphatic carbocycles. The van der Waals surface area contributed by atoms with Crippen LogP contribution in [0.15, 0.2) is 33.2 Å². The van der Waals surface area contributed by atoms with E-state index in [0.29, 0.717) is 63.6 Å². The molecule has 2 amide bonds. The fourth-order valence-corrected chi connectivity index (χ4v) is 4.03. The van der Waals surface area contributed by atoms with E-state index in [-0.39, 0.29) is 17.7 Å². The monoisotopic (exact) mass is 420 g/mol. The number of nitrogens with zero attached hydrogens (tertiary/aromatic N) is 2. The van der Waals surface area contributed by atoms with Gasteiger partial charge in [0.05, 0.1) is 13.2 Å². The van der Waals surface area contributed by atoms with Crippen LogP contribution < -0.4 is 0 Å². The number of morpholine rings is 1. The van der Waals surface area contributed by atoms with E-state index in [0.717, 1.165) is 9.86 Å². The number of carbonyl (C=O) groups is 2. The van der Waals surface area contributed by atoms with Gasteiger partial charge in [-0.3, -0.25) is 9.59 Å². The molecular formula is C19H21BrN2O4. The number of carbonyl (C=O) groups excluding carboxylic acids is 2. The molecule has 0 spiro atoms. The Hall–Kier alpha value is -1.86. The second-order valence-corrected chi connectivity index (χ2v) is 7.71. The first-order chi connectivity index (χ1) is 12.6. The Kier molecular flexibility index (Phi) is 5.00. The van der Waals surface area contributed by atoms with Crippen molar-refractivity contribution in [3.63, 3.8) is 0 Å². The predicted molar refractivity (Wildman–Crippen MR) is 99.9 cm³/mol. The Morgan fingerprint density at radius 1 is 1.00 bits per heavy atom. The number of rotatable bonds is 2. The van der Waals surface area contributed by atoms with E-state index >= 15 is 0 Å². The van der Waals surface area contributed by atoms with Crippen LogP contribution in [0.25, 0.3) is 11.0 Å². The summed E-state index contributed by atoms with van der Waals surface area (Å²) in [5, 5.41) is 0.903. The maximum Gasteiger partial charge on any atom is 0.289 e. The highest BCUT2D eigenvalue weighted by Crippen LogP contribution is 2.26. The minimum atomic E-state index is -0.102. The summed E-state index contributed by atoms with van der Waals surface area (Å²) >= 11 is 3.43. The molecule has 0 saturated carbocycles. The quantitative estimate of drug-likeness (QED) is 0.748. The standard InChI is InChI=1S/C19H21BrN2O4/c20-15-1-2-16-14(11-15)12-17(26-16)19(24)21-5-3-13(4-6-21)18(23)22-7-9-25-10-8-22/h1-2,11-13H,3-10H2. The lowest BCUT2D eigenvalue weighted by atomic mass is 9.95. The Bertz CT molecular complexity index is 820. The highest BCUT2D eigenvalue weighted by atomic mass is 79.9. The highest BCUT2D eigenvalue weighted by Gasteiger charge is 2.32. The molecule has 4 rings (SSSR count). The third-order valence-electron chi connectivity index (χ3n) is 5.14. The van der Waals surface area contributed by atoms with Gasteiger partial charge < -0.3 is 19.0 Å². The highest BCUT2D eigenvalue weighted by molar-refractivity contribution is 9.10. The van der Waals surface area contributed by atoms with Gasteiger partial charge >= 0.3 is 0 Å². The summed E-state index contributed by atoms with van der Waals surface area (Å²) < 4.78 is 12.0. The molecule has 2 aliphatic heterocycles. The number of fused-ring (bicyclic) bond motifs is 1. The Labute approximate surface area is 160 Å². The third-order valence-corrected chi connectivity index (χ3v) is 5.64.